The molecule has 2 N–H and O–H groups in total. The molecule has 7 nitrogen and oxygen atoms in total. The number of carbonyl (C=O) groups is 3. The minimum absolute atomic E-state index is 0.127. The molecule has 3 rings (SSSR count). The summed E-state index contributed by atoms with van der Waals surface area (Å²) in [4.78, 5) is 35.3. The van der Waals surface area contributed by atoms with E-state index in [4.69, 9.17) is 4.74 Å². The fourth-order valence-corrected chi connectivity index (χ4v) is 3.05. The van der Waals surface area contributed by atoms with E-state index in [1.165, 1.54) is 24.3 Å². The number of hydrogen-bond donors (Lipinski definition) is 2. The minimum atomic E-state index is -0.540. The summed E-state index contributed by atoms with van der Waals surface area (Å²) in [6, 6.07) is 12.3. The Labute approximate surface area is 163 Å². The normalized spacial score (nSPS) is 12.0. The summed E-state index contributed by atoms with van der Waals surface area (Å²) in [5, 5.41) is 5.15. The van der Waals surface area contributed by atoms with Gasteiger partial charge in [0.1, 0.15) is 12.3 Å². The molecule has 0 bridgehead atoms. The standard InChI is InChI=1S/C21H22N2O5/c1-27-20(25)12-22-21(26)16-6-3-7-17(10-16)23-19(24)13-28-18-9-8-14-4-2-5-15(14)11-18/h3,6-11H,2,4-5,12-13H2,1H3,(H,22,26)(H,23,24). The third-order valence-electron chi connectivity index (χ3n) is 4.47. The van der Waals surface area contributed by atoms with Gasteiger partial charge in [-0.05, 0) is 60.7 Å². The van der Waals surface area contributed by atoms with E-state index in [0.29, 0.717) is 17.0 Å². The maximum absolute atomic E-state index is 12.2. The van der Waals surface area contributed by atoms with Gasteiger partial charge in [-0.3, -0.25) is 14.4 Å². The number of carbonyl (C=O) groups excluding carboxylic acids is 3. The van der Waals surface area contributed by atoms with Gasteiger partial charge in [0.05, 0.1) is 7.11 Å². The predicted molar refractivity (Wildman–Crippen MR) is 103 cm³/mol. The molecule has 0 saturated heterocycles. The van der Waals surface area contributed by atoms with Crippen LogP contribution in [-0.2, 0) is 27.2 Å². The van der Waals surface area contributed by atoms with E-state index in [0.717, 1.165) is 19.3 Å². The quantitative estimate of drug-likeness (QED) is 0.716. The number of amides is 2. The van der Waals surface area contributed by atoms with E-state index >= 15 is 0 Å². The van der Waals surface area contributed by atoms with Crippen molar-refractivity contribution in [2.45, 2.75) is 19.3 Å². The Hall–Kier alpha value is -3.35. The van der Waals surface area contributed by atoms with Crippen LogP contribution in [0.15, 0.2) is 42.5 Å². The number of anilines is 1. The van der Waals surface area contributed by atoms with E-state index in [2.05, 4.69) is 15.4 Å². The first-order chi connectivity index (χ1) is 13.5. The second-order valence-corrected chi connectivity index (χ2v) is 6.46. The van der Waals surface area contributed by atoms with Crippen LogP contribution in [0, 0.1) is 0 Å². The molecule has 1 aliphatic carbocycles. The summed E-state index contributed by atoms with van der Waals surface area (Å²) in [5.74, 6) is -0.628. The fourth-order valence-electron chi connectivity index (χ4n) is 3.05. The van der Waals surface area contributed by atoms with E-state index in [1.54, 1.807) is 18.2 Å². The number of ether oxygens (including phenoxy) is 2. The zero-order chi connectivity index (χ0) is 19.9. The molecular weight excluding hydrogens is 360 g/mol. The number of aryl methyl sites for hydroxylation is 2. The Balaban J connectivity index is 1.52. The number of fused-ring (bicyclic) bond motifs is 1. The molecule has 2 aromatic rings. The summed E-state index contributed by atoms with van der Waals surface area (Å²) in [6.07, 6.45) is 3.30. The zero-order valence-corrected chi connectivity index (χ0v) is 15.6. The van der Waals surface area contributed by atoms with Crippen molar-refractivity contribution in [2.24, 2.45) is 0 Å². The van der Waals surface area contributed by atoms with Gasteiger partial charge in [-0.2, -0.15) is 0 Å². The first kappa shape index (κ1) is 19.4. The second kappa shape index (κ2) is 9.03. The monoisotopic (exact) mass is 382 g/mol. The van der Waals surface area contributed by atoms with Gasteiger partial charge in [0, 0.05) is 11.3 Å². The molecule has 7 heteroatoms. The van der Waals surface area contributed by atoms with Crippen molar-refractivity contribution in [1.29, 1.82) is 0 Å². The molecule has 2 amide bonds. The predicted octanol–water partition coefficient (Wildman–Crippen LogP) is 2.10. The van der Waals surface area contributed by atoms with Gasteiger partial charge in [-0.25, -0.2) is 0 Å². The Morgan fingerprint density at radius 2 is 1.86 bits per heavy atom. The van der Waals surface area contributed by atoms with Crippen molar-refractivity contribution < 1.29 is 23.9 Å². The van der Waals surface area contributed by atoms with Crippen molar-refractivity contribution in [1.82, 2.24) is 5.32 Å². The molecule has 0 atom stereocenters. The number of hydrogen-bond acceptors (Lipinski definition) is 5. The average molecular weight is 382 g/mol. The van der Waals surface area contributed by atoms with Crippen molar-refractivity contribution >= 4 is 23.5 Å². The topological polar surface area (TPSA) is 93.7 Å². The lowest BCUT2D eigenvalue weighted by atomic mass is 10.1. The highest BCUT2D eigenvalue weighted by molar-refractivity contribution is 5.98. The lowest BCUT2D eigenvalue weighted by molar-refractivity contribution is -0.139. The smallest absolute Gasteiger partial charge is 0.325 e. The molecule has 0 radical (unpaired) electrons. The van der Waals surface area contributed by atoms with Gasteiger partial charge in [0.2, 0.25) is 0 Å². The largest absolute Gasteiger partial charge is 0.484 e. The van der Waals surface area contributed by atoms with E-state index in [9.17, 15) is 14.4 Å². The molecule has 0 aromatic heterocycles. The maximum Gasteiger partial charge on any atom is 0.325 e. The number of methoxy groups -OCH3 is 1. The second-order valence-electron chi connectivity index (χ2n) is 6.46. The van der Waals surface area contributed by atoms with Crippen molar-refractivity contribution in [3.63, 3.8) is 0 Å². The lowest BCUT2D eigenvalue weighted by Gasteiger charge is -2.10. The van der Waals surface area contributed by atoms with Crippen molar-refractivity contribution in [2.75, 3.05) is 25.6 Å². The van der Waals surface area contributed by atoms with Crippen LogP contribution in [0.2, 0.25) is 0 Å². The van der Waals surface area contributed by atoms with Crippen LogP contribution in [-0.4, -0.2) is 38.0 Å². The van der Waals surface area contributed by atoms with E-state index in [1.807, 2.05) is 18.2 Å². The van der Waals surface area contributed by atoms with Gasteiger partial charge < -0.3 is 20.1 Å². The van der Waals surface area contributed by atoms with Gasteiger partial charge in [0.15, 0.2) is 6.61 Å². The molecule has 0 aliphatic heterocycles. The number of benzene rings is 2. The SMILES string of the molecule is COC(=O)CNC(=O)c1cccc(NC(=O)COc2ccc3c(c2)CCC3)c1. The summed E-state index contributed by atoms with van der Waals surface area (Å²) in [5.41, 5.74) is 3.41. The summed E-state index contributed by atoms with van der Waals surface area (Å²) in [6.45, 7) is -0.349. The molecule has 28 heavy (non-hydrogen) atoms. The molecule has 0 saturated carbocycles. The van der Waals surface area contributed by atoms with Crippen molar-refractivity contribution in [3.05, 3.63) is 59.2 Å². The highest BCUT2D eigenvalue weighted by Gasteiger charge is 2.13. The number of rotatable bonds is 7. The van der Waals surface area contributed by atoms with Crippen LogP contribution >= 0.6 is 0 Å². The maximum atomic E-state index is 12.2. The Morgan fingerprint density at radius 1 is 1.04 bits per heavy atom. The molecule has 146 valence electrons. The Bertz CT molecular complexity index is 894. The summed E-state index contributed by atoms with van der Waals surface area (Å²) < 4.78 is 10.1. The van der Waals surface area contributed by atoms with Gasteiger partial charge in [-0.15, -0.1) is 0 Å². The molecule has 0 heterocycles. The van der Waals surface area contributed by atoms with Crippen LogP contribution in [0.1, 0.15) is 27.9 Å². The van der Waals surface area contributed by atoms with Crippen LogP contribution in [0.3, 0.4) is 0 Å². The van der Waals surface area contributed by atoms with Crippen LogP contribution < -0.4 is 15.4 Å². The van der Waals surface area contributed by atoms with E-state index < -0.39 is 11.9 Å². The minimum Gasteiger partial charge on any atom is -0.484 e. The van der Waals surface area contributed by atoms with Gasteiger partial charge in [-0.1, -0.05) is 12.1 Å². The Morgan fingerprint density at radius 3 is 2.68 bits per heavy atom. The van der Waals surface area contributed by atoms with E-state index in [-0.39, 0.29) is 19.1 Å². The summed E-state index contributed by atoms with van der Waals surface area (Å²) in [7, 11) is 1.25. The number of esters is 1. The van der Waals surface area contributed by atoms with Gasteiger partial charge >= 0.3 is 5.97 Å². The number of nitrogens with one attached hydrogen (secondary N) is 2. The average Bonchev–Trinajstić information content (AvgIpc) is 3.18. The third kappa shape index (κ3) is 5.09. The first-order valence-corrected chi connectivity index (χ1v) is 9.04. The molecule has 0 fully saturated rings. The molecule has 1 aliphatic rings. The summed E-state index contributed by atoms with van der Waals surface area (Å²) >= 11 is 0. The highest BCUT2D eigenvalue weighted by atomic mass is 16.5. The van der Waals surface area contributed by atoms with Crippen LogP contribution in [0.25, 0.3) is 0 Å². The first-order valence-electron chi connectivity index (χ1n) is 9.04. The van der Waals surface area contributed by atoms with Crippen molar-refractivity contribution in [3.8, 4) is 5.75 Å². The molecule has 2 aromatic carbocycles. The Kier molecular flexibility index (Phi) is 6.26. The molecular formula is C21H22N2O5. The lowest BCUT2D eigenvalue weighted by Crippen LogP contribution is -2.30. The highest BCUT2D eigenvalue weighted by Crippen LogP contribution is 2.26. The fraction of sp³-hybridized carbons (Fsp3) is 0.286. The third-order valence-corrected chi connectivity index (χ3v) is 4.47. The van der Waals surface area contributed by atoms with Gasteiger partial charge in [0.25, 0.3) is 11.8 Å². The van der Waals surface area contributed by atoms with Crippen LogP contribution in [0.5, 0.6) is 5.75 Å². The van der Waals surface area contributed by atoms with Crippen LogP contribution in [0.4, 0.5) is 5.69 Å². The molecule has 0 spiro atoms. The zero-order valence-electron chi connectivity index (χ0n) is 15.6. The molecule has 0 unspecified atom stereocenters.